The summed E-state index contributed by atoms with van der Waals surface area (Å²) in [6.45, 7) is 4.81. The highest BCUT2D eigenvalue weighted by Crippen LogP contribution is 2.28. The fraction of sp³-hybridized carbons (Fsp3) is 0.304. The first-order valence-electron chi connectivity index (χ1n) is 9.97. The molecule has 2 N–H and O–H groups in total. The van der Waals surface area contributed by atoms with Crippen LogP contribution in [0.3, 0.4) is 0 Å². The van der Waals surface area contributed by atoms with Gasteiger partial charge in [-0.05, 0) is 50.6 Å². The van der Waals surface area contributed by atoms with E-state index in [2.05, 4.69) is 33.7 Å². The molecule has 0 bridgehead atoms. The number of methoxy groups -OCH3 is 1. The van der Waals surface area contributed by atoms with Gasteiger partial charge in [0.1, 0.15) is 11.6 Å². The second-order valence-corrected chi connectivity index (χ2v) is 7.49. The van der Waals surface area contributed by atoms with Gasteiger partial charge in [0.05, 0.1) is 23.7 Å². The Kier molecular flexibility index (Phi) is 5.25. The average Bonchev–Trinajstić information content (AvgIpc) is 3.31. The molecule has 0 saturated carbocycles. The summed E-state index contributed by atoms with van der Waals surface area (Å²) < 4.78 is 7.47. The molecule has 0 aliphatic rings. The SMILES string of the molecule is COc1ccc2c(c1)c(C(=O)NCCCc1nc3ccccc3[nH]1)cn2C(C)C. The summed E-state index contributed by atoms with van der Waals surface area (Å²) >= 11 is 0. The Morgan fingerprint density at radius 3 is 2.83 bits per heavy atom. The highest BCUT2D eigenvalue weighted by Gasteiger charge is 2.17. The highest BCUT2D eigenvalue weighted by molar-refractivity contribution is 6.07. The van der Waals surface area contributed by atoms with Crippen LogP contribution < -0.4 is 10.1 Å². The first kappa shape index (κ1) is 19.1. The fourth-order valence-corrected chi connectivity index (χ4v) is 3.65. The number of para-hydroxylation sites is 2. The zero-order valence-corrected chi connectivity index (χ0v) is 17.0. The summed E-state index contributed by atoms with van der Waals surface area (Å²) in [4.78, 5) is 20.8. The lowest BCUT2D eigenvalue weighted by Crippen LogP contribution is -2.24. The molecule has 0 radical (unpaired) electrons. The van der Waals surface area contributed by atoms with E-state index in [0.29, 0.717) is 12.1 Å². The van der Waals surface area contributed by atoms with E-state index < -0.39 is 0 Å². The lowest BCUT2D eigenvalue weighted by atomic mass is 10.1. The van der Waals surface area contributed by atoms with E-state index in [0.717, 1.165) is 46.4 Å². The Labute approximate surface area is 169 Å². The molecule has 2 aromatic heterocycles. The van der Waals surface area contributed by atoms with Crippen molar-refractivity contribution in [2.24, 2.45) is 0 Å². The normalized spacial score (nSPS) is 11.4. The van der Waals surface area contributed by atoms with E-state index in [1.165, 1.54) is 0 Å². The van der Waals surface area contributed by atoms with Crippen LogP contribution in [0.1, 0.15) is 42.5 Å². The molecule has 1 amide bonds. The molecule has 150 valence electrons. The lowest BCUT2D eigenvalue weighted by Gasteiger charge is -2.09. The van der Waals surface area contributed by atoms with Gasteiger partial charge in [-0.2, -0.15) is 0 Å². The van der Waals surface area contributed by atoms with Crippen LogP contribution in [0.25, 0.3) is 21.9 Å². The fourth-order valence-electron chi connectivity index (χ4n) is 3.65. The first-order chi connectivity index (χ1) is 14.1. The summed E-state index contributed by atoms with van der Waals surface area (Å²) in [5.74, 6) is 1.63. The van der Waals surface area contributed by atoms with Crippen molar-refractivity contribution in [2.75, 3.05) is 13.7 Å². The minimum atomic E-state index is -0.0627. The Balaban J connectivity index is 1.44. The van der Waals surface area contributed by atoms with Gasteiger partial charge in [-0.3, -0.25) is 4.79 Å². The number of hydrogen-bond donors (Lipinski definition) is 2. The summed E-state index contributed by atoms with van der Waals surface area (Å²) in [5, 5.41) is 3.96. The molecule has 6 nitrogen and oxygen atoms in total. The number of rotatable bonds is 7. The lowest BCUT2D eigenvalue weighted by molar-refractivity contribution is 0.0954. The average molecular weight is 390 g/mol. The van der Waals surface area contributed by atoms with Crippen LogP contribution in [-0.2, 0) is 6.42 Å². The number of aromatic amines is 1. The number of nitrogens with zero attached hydrogens (tertiary/aromatic N) is 2. The standard InChI is InChI=1S/C23H26N4O2/c1-15(2)27-14-18(17-13-16(29-3)10-11-21(17)27)23(28)24-12-6-9-22-25-19-7-4-5-8-20(19)26-22/h4-5,7-8,10-11,13-15H,6,9,12H2,1-3H3,(H,24,28)(H,25,26). The largest absolute Gasteiger partial charge is 0.497 e. The number of ether oxygens (including phenoxy) is 1. The maximum atomic E-state index is 12.9. The number of hydrogen-bond acceptors (Lipinski definition) is 3. The summed E-state index contributed by atoms with van der Waals surface area (Å²) in [6, 6.07) is 14.1. The predicted molar refractivity (Wildman–Crippen MR) is 116 cm³/mol. The van der Waals surface area contributed by atoms with Crippen molar-refractivity contribution in [3.63, 3.8) is 0 Å². The summed E-state index contributed by atoms with van der Waals surface area (Å²) in [7, 11) is 1.64. The van der Waals surface area contributed by atoms with Crippen molar-refractivity contribution in [2.45, 2.75) is 32.7 Å². The van der Waals surface area contributed by atoms with Crippen LogP contribution in [-0.4, -0.2) is 34.1 Å². The Bertz CT molecular complexity index is 1120. The van der Waals surface area contributed by atoms with Gasteiger partial charge in [-0.25, -0.2) is 4.98 Å². The second kappa shape index (κ2) is 7.99. The molecule has 0 fully saturated rings. The zero-order valence-electron chi connectivity index (χ0n) is 17.0. The van der Waals surface area contributed by atoms with E-state index in [1.54, 1.807) is 7.11 Å². The smallest absolute Gasteiger partial charge is 0.253 e. The molecule has 0 unspecified atom stereocenters. The number of benzene rings is 2. The number of imidazole rings is 1. The van der Waals surface area contributed by atoms with Gasteiger partial charge in [0.15, 0.2) is 0 Å². The van der Waals surface area contributed by atoms with Crippen LogP contribution >= 0.6 is 0 Å². The van der Waals surface area contributed by atoms with Gasteiger partial charge >= 0.3 is 0 Å². The van der Waals surface area contributed by atoms with E-state index in [4.69, 9.17) is 4.74 Å². The third-order valence-corrected chi connectivity index (χ3v) is 5.16. The molecule has 4 rings (SSSR count). The molecular formula is C23H26N4O2. The topological polar surface area (TPSA) is 71.9 Å². The Morgan fingerprint density at radius 2 is 2.07 bits per heavy atom. The second-order valence-electron chi connectivity index (χ2n) is 7.49. The van der Waals surface area contributed by atoms with Crippen molar-refractivity contribution >= 4 is 27.8 Å². The van der Waals surface area contributed by atoms with Gasteiger partial charge < -0.3 is 19.6 Å². The minimum absolute atomic E-state index is 0.0627. The molecule has 6 heteroatoms. The summed E-state index contributed by atoms with van der Waals surface area (Å²) in [6.07, 6.45) is 3.54. The van der Waals surface area contributed by atoms with Crippen molar-refractivity contribution in [3.8, 4) is 5.75 Å². The predicted octanol–water partition coefficient (Wildman–Crippen LogP) is 4.47. The molecular weight excluding hydrogens is 364 g/mol. The van der Waals surface area contributed by atoms with E-state index >= 15 is 0 Å². The first-order valence-corrected chi connectivity index (χ1v) is 9.97. The number of aryl methyl sites for hydroxylation is 1. The van der Waals surface area contributed by atoms with Crippen LogP contribution in [0, 0.1) is 0 Å². The molecule has 2 aromatic carbocycles. The van der Waals surface area contributed by atoms with Gasteiger partial charge in [0.25, 0.3) is 5.91 Å². The molecule has 0 aliphatic heterocycles. The third kappa shape index (κ3) is 3.83. The van der Waals surface area contributed by atoms with Crippen LogP contribution in [0.4, 0.5) is 0 Å². The van der Waals surface area contributed by atoms with E-state index in [-0.39, 0.29) is 11.9 Å². The van der Waals surface area contributed by atoms with Crippen LogP contribution in [0.2, 0.25) is 0 Å². The van der Waals surface area contributed by atoms with Crippen LogP contribution in [0.15, 0.2) is 48.7 Å². The van der Waals surface area contributed by atoms with Gasteiger partial charge in [0.2, 0.25) is 0 Å². The highest BCUT2D eigenvalue weighted by atomic mass is 16.5. The third-order valence-electron chi connectivity index (χ3n) is 5.16. The Hall–Kier alpha value is -3.28. The van der Waals surface area contributed by atoms with E-state index in [9.17, 15) is 4.79 Å². The van der Waals surface area contributed by atoms with Crippen molar-refractivity contribution in [3.05, 3.63) is 60.0 Å². The number of nitrogens with one attached hydrogen (secondary N) is 2. The maximum Gasteiger partial charge on any atom is 0.253 e. The number of carbonyl (C=O) groups excluding carboxylic acids is 1. The zero-order chi connectivity index (χ0) is 20.4. The molecule has 29 heavy (non-hydrogen) atoms. The number of aromatic nitrogens is 3. The van der Waals surface area contributed by atoms with Crippen LogP contribution in [0.5, 0.6) is 5.75 Å². The van der Waals surface area contributed by atoms with E-state index in [1.807, 2.05) is 48.7 Å². The molecule has 0 aliphatic carbocycles. The molecule has 0 spiro atoms. The quantitative estimate of drug-likeness (QED) is 0.457. The van der Waals surface area contributed by atoms with Gasteiger partial charge in [0, 0.05) is 36.1 Å². The number of carbonyl (C=O) groups is 1. The minimum Gasteiger partial charge on any atom is -0.497 e. The van der Waals surface area contributed by atoms with Gasteiger partial charge in [-0.1, -0.05) is 12.1 Å². The Morgan fingerprint density at radius 1 is 1.24 bits per heavy atom. The van der Waals surface area contributed by atoms with Crippen molar-refractivity contribution in [1.29, 1.82) is 0 Å². The summed E-state index contributed by atoms with van der Waals surface area (Å²) in [5.41, 5.74) is 3.73. The monoisotopic (exact) mass is 390 g/mol. The van der Waals surface area contributed by atoms with Crippen molar-refractivity contribution in [1.82, 2.24) is 19.9 Å². The van der Waals surface area contributed by atoms with Gasteiger partial charge in [-0.15, -0.1) is 0 Å². The number of amides is 1. The molecule has 0 saturated heterocycles. The number of H-pyrrole nitrogens is 1. The van der Waals surface area contributed by atoms with Crippen molar-refractivity contribution < 1.29 is 9.53 Å². The maximum absolute atomic E-state index is 12.9. The number of fused-ring (bicyclic) bond motifs is 2. The molecule has 2 heterocycles. The molecule has 0 atom stereocenters. The molecule has 4 aromatic rings.